The molecule has 4 heterocycles. The predicted molar refractivity (Wildman–Crippen MR) is 162 cm³/mol. The topological polar surface area (TPSA) is 124 Å². The van der Waals surface area contributed by atoms with Gasteiger partial charge in [-0.05, 0) is 70.2 Å². The zero-order valence-electron chi connectivity index (χ0n) is 24.7. The maximum Gasteiger partial charge on any atom is 0.232 e. The number of carbonyl (C=O) groups is 1. The molecule has 1 saturated heterocycles. The molecular formula is C30H37N7O4S. The van der Waals surface area contributed by atoms with Crippen LogP contribution in [0.5, 0.6) is 0 Å². The molecule has 1 saturated carbocycles. The summed E-state index contributed by atoms with van der Waals surface area (Å²) in [5.74, 6) is 1.81. The van der Waals surface area contributed by atoms with Crippen molar-refractivity contribution in [3.63, 3.8) is 0 Å². The maximum atomic E-state index is 12.8. The van der Waals surface area contributed by atoms with Crippen LogP contribution in [0.1, 0.15) is 55.5 Å². The summed E-state index contributed by atoms with van der Waals surface area (Å²) in [6.07, 6.45) is 7.82. The van der Waals surface area contributed by atoms with Gasteiger partial charge >= 0.3 is 0 Å². The highest BCUT2D eigenvalue weighted by molar-refractivity contribution is 7.92. The molecule has 1 atom stereocenters. The molecule has 0 radical (unpaired) electrons. The van der Waals surface area contributed by atoms with E-state index in [1.807, 2.05) is 54.3 Å². The molecule has 1 unspecified atom stereocenters. The Labute approximate surface area is 246 Å². The van der Waals surface area contributed by atoms with E-state index in [0.29, 0.717) is 40.5 Å². The van der Waals surface area contributed by atoms with Gasteiger partial charge in [0, 0.05) is 50.5 Å². The minimum atomic E-state index is -3.59. The van der Waals surface area contributed by atoms with Crippen molar-refractivity contribution >= 4 is 44.0 Å². The molecule has 0 spiro atoms. The van der Waals surface area contributed by atoms with Crippen molar-refractivity contribution in [2.45, 2.75) is 58.6 Å². The van der Waals surface area contributed by atoms with Crippen LogP contribution >= 0.6 is 0 Å². The van der Waals surface area contributed by atoms with Crippen LogP contribution in [0.15, 0.2) is 30.5 Å². The Bertz CT molecular complexity index is 1780. The van der Waals surface area contributed by atoms with E-state index < -0.39 is 10.0 Å². The Hall–Kier alpha value is -3.77. The van der Waals surface area contributed by atoms with Gasteiger partial charge in [-0.2, -0.15) is 0 Å². The number of hydrogen-bond acceptors (Lipinski definition) is 8. The number of imidazole rings is 2. The Balaban J connectivity index is 1.48. The molecule has 11 nitrogen and oxygen atoms in total. The predicted octanol–water partition coefficient (Wildman–Crippen LogP) is 4.81. The SMILES string of the molecule is Cc1cnc(-c2ccc(Nc3cc(CC(=O)C4CC4)nc4c3nc(C)n4C3CCCCO3)c(N(C)S(C)(=O)=O)c2)n1C. The molecule has 4 aromatic rings. The van der Waals surface area contributed by atoms with Crippen LogP contribution in [0, 0.1) is 19.8 Å². The number of Topliss-reactive ketones (excluding diaryl/α,β-unsaturated/α-hetero) is 1. The number of nitrogens with one attached hydrogen (secondary N) is 1. The number of aryl methyl sites for hydroxylation is 2. The van der Waals surface area contributed by atoms with E-state index in [0.717, 1.165) is 55.0 Å². The van der Waals surface area contributed by atoms with Gasteiger partial charge in [0.2, 0.25) is 10.0 Å². The number of aromatic nitrogens is 5. The van der Waals surface area contributed by atoms with Crippen LogP contribution in [0.3, 0.4) is 0 Å². The summed E-state index contributed by atoms with van der Waals surface area (Å²) in [5.41, 5.74) is 5.41. The van der Waals surface area contributed by atoms with E-state index in [2.05, 4.69) is 10.3 Å². The third-order valence-corrected chi connectivity index (χ3v) is 9.48. The lowest BCUT2D eigenvalue weighted by Crippen LogP contribution is -2.25. The average molecular weight is 592 g/mol. The van der Waals surface area contributed by atoms with Gasteiger partial charge in [-0.15, -0.1) is 0 Å². The number of ether oxygens (including phenoxy) is 1. The Morgan fingerprint density at radius 2 is 1.90 bits per heavy atom. The van der Waals surface area contributed by atoms with Crippen molar-refractivity contribution in [3.8, 4) is 11.4 Å². The first-order chi connectivity index (χ1) is 20.0. The van der Waals surface area contributed by atoms with Gasteiger partial charge in [0.05, 0.1) is 29.0 Å². The average Bonchev–Trinajstić information content (AvgIpc) is 3.69. The first kappa shape index (κ1) is 28.4. The fourth-order valence-corrected chi connectivity index (χ4v) is 6.04. The number of hydrogen-bond donors (Lipinski definition) is 1. The number of rotatable bonds is 9. The largest absolute Gasteiger partial charge is 0.358 e. The van der Waals surface area contributed by atoms with E-state index >= 15 is 0 Å². The van der Waals surface area contributed by atoms with Gasteiger partial charge in [0.25, 0.3) is 0 Å². The summed E-state index contributed by atoms with van der Waals surface area (Å²) in [6.45, 7) is 4.58. The molecule has 1 N–H and O–H groups in total. The Morgan fingerprint density at radius 3 is 2.55 bits per heavy atom. The molecule has 0 amide bonds. The fourth-order valence-electron chi connectivity index (χ4n) is 5.53. The first-order valence-electron chi connectivity index (χ1n) is 14.4. The number of benzene rings is 1. The molecule has 6 rings (SSSR count). The van der Waals surface area contributed by atoms with Crippen LogP contribution < -0.4 is 9.62 Å². The van der Waals surface area contributed by atoms with Crippen LogP contribution in [0.25, 0.3) is 22.6 Å². The third kappa shape index (κ3) is 5.40. The zero-order chi connectivity index (χ0) is 29.8. The second kappa shape index (κ2) is 10.8. The number of anilines is 3. The van der Waals surface area contributed by atoms with E-state index in [1.165, 1.54) is 17.6 Å². The molecule has 42 heavy (non-hydrogen) atoms. The summed E-state index contributed by atoms with van der Waals surface area (Å²) in [6, 6.07) is 7.45. The maximum absolute atomic E-state index is 12.8. The highest BCUT2D eigenvalue weighted by Crippen LogP contribution is 2.38. The van der Waals surface area contributed by atoms with E-state index in [4.69, 9.17) is 14.7 Å². The van der Waals surface area contributed by atoms with Crippen molar-refractivity contribution in [3.05, 3.63) is 47.7 Å². The van der Waals surface area contributed by atoms with Crippen LogP contribution in [-0.4, -0.2) is 58.2 Å². The number of fused-ring (bicyclic) bond motifs is 1. The molecule has 1 aliphatic carbocycles. The van der Waals surface area contributed by atoms with E-state index in [1.54, 1.807) is 6.20 Å². The first-order valence-corrected chi connectivity index (χ1v) is 16.2. The molecule has 2 fully saturated rings. The summed E-state index contributed by atoms with van der Waals surface area (Å²) in [7, 11) is -0.129. The minimum absolute atomic E-state index is 0.115. The lowest BCUT2D eigenvalue weighted by Gasteiger charge is -2.25. The number of sulfonamides is 1. The minimum Gasteiger partial charge on any atom is -0.358 e. The monoisotopic (exact) mass is 591 g/mol. The normalized spacial score (nSPS) is 17.5. The zero-order valence-corrected chi connectivity index (χ0v) is 25.5. The second-order valence-corrected chi connectivity index (χ2v) is 13.5. The number of pyridine rings is 1. The van der Waals surface area contributed by atoms with Gasteiger partial charge in [-0.3, -0.25) is 13.7 Å². The second-order valence-electron chi connectivity index (χ2n) is 11.5. The van der Waals surface area contributed by atoms with Gasteiger partial charge in [0.15, 0.2) is 5.65 Å². The summed E-state index contributed by atoms with van der Waals surface area (Å²) >= 11 is 0. The summed E-state index contributed by atoms with van der Waals surface area (Å²) < 4.78 is 36.8. The highest BCUT2D eigenvalue weighted by atomic mass is 32.2. The molecular weight excluding hydrogens is 554 g/mol. The number of ketones is 1. The number of nitrogens with zero attached hydrogens (tertiary/aromatic N) is 6. The van der Waals surface area contributed by atoms with Gasteiger partial charge < -0.3 is 14.6 Å². The van der Waals surface area contributed by atoms with Crippen molar-refractivity contribution in [1.29, 1.82) is 0 Å². The summed E-state index contributed by atoms with van der Waals surface area (Å²) in [5, 5.41) is 3.47. The third-order valence-electron chi connectivity index (χ3n) is 8.29. The Kier molecular flexibility index (Phi) is 7.30. The van der Waals surface area contributed by atoms with E-state index in [-0.39, 0.29) is 24.3 Å². The van der Waals surface area contributed by atoms with Crippen LogP contribution in [-0.2, 0) is 33.0 Å². The highest BCUT2D eigenvalue weighted by Gasteiger charge is 2.30. The van der Waals surface area contributed by atoms with Gasteiger partial charge in [-0.1, -0.05) is 0 Å². The van der Waals surface area contributed by atoms with E-state index in [9.17, 15) is 13.2 Å². The van der Waals surface area contributed by atoms with Crippen molar-refractivity contribution in [1.82, 2.24) is 24.1 Å². The standard InChI is InChI=1S/C30H37N7O4S/c1-18-17-31-29(35(18)3)21-11-12-23(25(14-21)36(4)42(5,39)40)34-24-15-22(16-26(38)20-9-10-20)33-30-28(24)32-19(2)37(30)27-8-6-7-13-41-27/h11-12,14-15,17,20,27H,6-10,13,16H2,1-5H3,(H,33,34). The van der Waals surface area contributed by atoms with Crippen molar-refractivity contribution < 1.29 is 17.9 Å². The smallest absolute Gasteiger partial charge is 0.232 e. The summed E-state index contributed by atoms with van der Waals surface area (Å²) in [4.78, 5) is 27.2. The molecule has 1 aliphatic heterocycles. The molecule has 1 aromatic carbocycles. The van der Waals surface area contributed by atoms with Crippen LogP contribution in [0.2, 0.25) is 0 Å². The molecule has 2 aliphatic rings. The van der Waals surface area contributed by atoms with Crippen molar-refractivity contribution in [2.24, 2.45) is 13.0 Å². The van der Waals surface area contributed by atoms with Gasteiger partial charge in [0.1, 0.15) is 29.2 Å². The quantitative estimate of drug-likeness (QED) is 0.294. The van der Waals surface area contributed by atoms with Crippen LogP contribution in [0.4, 0.5) is 17.1 Å². The molecule has 12 heteroatoms. The lowest BCUT2D eigenvalue weighted by atomic mass is 10.1. The fraction of sp³-hybridized carbons (Fsp3) is 0.467. The molecule has 0 bridgehead atoms. The Morgan fingerprint density at radius 1 is 1.12 bits per heavy atom. The lowest BCUT2D eigenvalue weighted by molar-refractivity contribution is -0.119. The molecule has 3 aromatic heterocycles. The van der Waals surface area contributed by atoms with Gasteiger partial charge in [-0.25, -0.2) is 23.4 Å². The molecule has 222 valence electrons. The number of carbonyl (C=O) groups excluding carboxylic acids is 1. The van der Waals surface area contributed by atoms with Crippen molar-refractivity contribution in [2.75, 3.05) is 29.5 Å².